The van der Waals surface area contributed by atoms with Gasteiger partial charge in [0.1, 0.15) is 19.8 Å². The summed E-state index contributed by atoms with van der Waals surface area (Å²) in [7, 11) is 7.60. The summed E-state index contributed by atoms with van der Waals surface area (Å²) in [6.45, 7) is 6.76. The molecule has 16 unspecified atom stereocenters. The zero-order valence-corrected chi connectivity index (χ0v) is 41.4. The molecule has 18 atom stereocenters. The van der Waals surface area contributed by atoms with E-state index in [2.05, 4.69) is 42.3 Å². The minimum absolute atomic E-state index is 0.0972. The molecule has 10 nitrogen and oxygen atoms in total. The van der Waals surface area contributed by atoms with Gasteiger partial charge in [0, 0.05) is 79.9 Å². The van der Waals surface area contributed by atoms with E-state index in [1.54, 1.807) is 26.5 Å². The molecule has 366 valence electrons. The van der Waals surface area contributed by atoms with Crippen molar-refractivity contribution in [3.8, 4) is 17.2 Å². The molecule has 71 heavy (non-hydrogen) atoms. The van der Waals surface area contributed by atoms with E-state index < -0.39 is 0 Å². The van der Waals surface area contributed by atoms with Gasteiger partial charge in [-0.15, -0.1) is 0 Å². The highest BCUT2D eigenvalue weighted by Crippen LogP contribution is 3.03. The number of likely N-dealkylation sites (tertiary alicyclic amines) is 1. The minimum atomic E-state index is 0.0972. The Morgan fingerprint density at radius 2 is 1.32 bits per heavy atom. The molecule has 0 radical (unpaired) electrons. The van der Waals surface area contributed by atoms with Crippen molar-refractivity contribution < 1.29 is 42.6 Å². The highest BCUT2D eigenvalue weighted by molar-refractivity contribution is 6.17. The summed E-state index contributed by atoms with van der Waals surface area (Å²) in [4.78, 5) is 2.82. The van der Waals surface area contributed by atoms with Crippen LogP contribution in [0.15, 0.2) is 58.2 Å². The summed E-state index contributed by atoms with van der Waals surface area (Å²) in [5.74, 6) is 12.2. The van der Waals surface area contributed by atoms with Crippen molar-refractivity contribution in [1.82, 2.24) is 4.90 Å². The van der Waals surface area contributed by atoms with Crippen LogP contribution < -0.4 is 24.6 Å². The molecule has 16 aliphatic carbocycles. The summed E-state index contributed by atoms with van der Waals surface area (Å²) in [6.07, 6.45) is 11.2. The van der Waals surface area contributed by atoms with Crippen LogP contribution in [0.25, 0.3) is 22.3 Å². The second-order valence-corrected chi connectivity index (χ2v) is 24.8. The summed E-state index contributed by atoms with van der Waals surface area (Å²) >= 11 is 0. The number of benzene rings is 2. The molecule has 2 spiro atoms. The van der Waals surface area contributed by atoms with Crippen LogP contribution >= 0.6 is 0 Å². The SMILES string of the molecule is COCCOCCOc1ccc(C2N(C)CC3C4C5=c6c7c8c9c%10c6=C(C5)C5C=CC6C%11=CC%12C%13C[C@H]%14C%15C(=C8C8=C(C%12C%11C(=C89)C6C%105)C%13%15)C5(C74)[C@@H]%14C325)c(OCCOCCOC)c1OCCOCCOC. The summed E-state index contributed by atoms with van der Waals surface area (Å²) in [5, 5.41) is 3.61. The number of hydrogen-bond acceptors (Lipinski definition) is 10. The first-order valence-electron chi connectivity index (χ1n) is 27.7. The fourth-order valence-electron chi connectivity index (χ4n) is 23.0. The maximum absolute atomic E-state index is 7.19. The highest BCUT2D eigenvalue weighted by Gasteiger charge is 2.99. The Bertz CT molecular complexity index is 3230. The number of allylic oxidation sites excluding steroid dienone is 10. The van der Waals surface area contributed by atoms with Gasteiger partial charge in [0.15, 0.2) is 11.5 Å². The van der Waals surface area contributed by atoms with E-state index in [9.17, 15) is 0 Å². The lowest BCUT2D eigenvalue weighted by molar-refractivity contribution is 0.0463. The van der Waals surface area contributed by atoms with Gasteiger partial charge in [0.05, 0.1) is 59.5 Å². The molecule has 1 aliphatic heterocycles. The van der Waals surface area contributed by atoms with Crippen molar-refractivity contribution in [3.05, 3.63) is 96.5 Å². The van der Waals surface area contributed by atoms with Crippen LogP contribution in [-0.4, -0.2) is 119 Å². The van der Waals surface area contributed by atoms with Crippen LogP contribution in [0.3, 0.4) is 0 Å². The normalized spacial score (nSPS) is 43.1. The second-order valence-electron chi connectivity index (χ2n) is 24.8. The van der Waals surface area contributed by atoms with Crippen LogP contribution in [-0.2, 0) is 28.4 Å². The van der Waals surface area contributed by atoms with Crippen LogP contribution in [0, 0.1) is 87.8 Å². The predicted octanol–water partition coefficient (Wildman–Crippen LogP) is 6.23. The van der Waals surface area contributed by atoms with Gasteiger partial charge >= 0.3 is 0 Å². The monoisotopic (exact) mass is 953 g/mol. The minimum Gasteiger partial charge on any atom is -0.487 e. The fourth-order valence-corrected chi connectivity index (χ4v) is 23.0. The first-order chi connectivity index (χ1) is 35.1. The quantitative estimate of drug-likeness (QED) is 0.100. The second kappa shape index (κ2) is 13.3. The molecule has 0 N–H and O–H groups in total. The molecule has 17 aliphatic rings. The molecule has 7 fully saturated rings. The molecular formula is C61H63NO9. The number of rotatable bonds is 22. The number of nitrogens with zero attached hydrogens (tertiary/aromatic N) is 1. The maximum atomic E-state index is 7.19. The summed E-state index contributed by atoms with van der Waals surface area (Å²) < 4.78 is 54.6. The molecule has 19 rings (SSSR count). The molecular weight excluding hydrogens is 891 g/mol. The van der Waals surface area contributed by atoms with E-state index in [1.165, 1.54) is 18.4 Å². The van der Waals surface area contributed by atoms with Crippen molar-refractivity contribution in [2.24, 2.45) is 87.8 Å². The number of fused-ring (bicyclic) bond motifs is 6. The van der Waals surface area contributed by atoms with E-state index in [-0.39, 0.29) is 16.9 Å². The predicted molar refractivity (Wildman–Crippen MR) is 262 cm³/mol. The standard InChI is InChI=1S/C61H63NO9/c1-62-24-34-36-32-22-29-26-6-5-25-28-21-30-31-23-33-44-42(31)47-41(30)39(28)45-37(25)38(26)46-40(29)43(32)52-51-49(46)48(45)50(47)53(51)55(44)61(54(36)52)58(33)60(34,61)59(62)27-7-8-35(69-18-15-66-12-9-63-2)57(71-20-17-68-14-11-65-4)56(27)70-19-16-67-13-10-64-3/h5-8,21,25-26,30-31,33-34,36-39,41-42,44,54,58-59H,9-20,22-24H2,1-4H3/t25?,26?,30?,31?,33-,34?,36?,37?,38?,39?,41?,42?,44?,54?,58-,59?,60?,61?/m0/s1. The molecule has 0 aromatic heterocycles. The van der Waals surface area contributed by atoms with Gasteiger partial charge < -0.3 is 42.6 Å². The Morgan fingerprint density at radius 3 is 2.10 bits per heavy atom. The number of methoxy groups -OCH3 is 3. The largest absolute Gasteiger partial charge is 0.487 e. The van der Waals surface area contributed by atoms with Crippen molar-refractivity contribution in [2.75, 3.05) is 114 Å². The van der Waals surface area contributed by atoms with Gasteiger partial charge in [-0.05, 0) is 152 Å². The van der Waals surface area contributed by atoms with Crippen molar-refractivity contribution in [3.63, 3.8) is 0 Å². The van der Waals surface area contributed by atoms with E-state index in [0.717, 1.165) is 47.8 Å². The topological polar surface area (TPSA) is 86.3 Å². The first kappa shape index (κ1) is 40.4. The Kier molecular flexibility index (Phi) is 7.55. The molecule has 1 heterocycles. The fraction of sp³-hybridized carbons (Fsp3) is 0.607. The van der Waals surface area contributed by atoms with E-state index in [1.807, 2.05) is 77.6 Å². The molecule has 6 saturated carbocycles. The first-order valence-corrected chi connectivity index (χ1v) is 27.7. The zero-order valence-electron chi connectivity index (χ0n) is 41.4. The molecule has 10 heteroatoms. The zero-order chi connectivity index (χ0) is 46.3. The Hall–Kier alpha value is -4.00. The third-order valence-electron chi connectivity index (χ3n) is 23.5. The van der Waals surface area contributed by atoms with E-state index in [0.29, 0.717) is 144 Å². The van der Waals surface area contributed by atoms with Gasteiger partial charge in [0.2, 0.25) is 5.75 Å². The summed E-state index contributed by atoms with van der Waals surface area (Å²) in [6, 6.07) is 4.74. The van der Waals surface area contributed by atoms with Crippen molar-refractivity contribution in [1.29, 1.82) is 0 Å². The smallest absolute Gasteiger partial charge is 0.204 e. The lowest BCUT2D eigenvalue weighted by Crippen LogP contribution is -2.39. The van der Waals surface area contributed by atoms with E-state index in [4.69, 9.17) is 42.6 Å². The third kappa shape index (κ3) is 3.97. The number of ether oxygens (including phenoxy) is 9. The van der Waals surface area contributed by atoms with Gasteiger partial charge in [-0.25, -0.2) is 0 Å². The summed E-state index contributed by atoms with van der Waals surface area (Å²) in [5.41, 5.74) is 25.9. The maximum Gasteiger partial charge on any atom is 0.204 e. The van der Waals surface area contributed by atoms with Gasteiger partial charge in [-0.2, -0.15) is 0 Å². The molecule has 2 aromatic carbocycles. The van der Waals surface area contributed by atoms with Crippen LogP contribution in [0.1, 0.15) is 58.5 Å². The molecule has 2 aromatic rings. The third-order valence-corrected chi connectivity index (χ3v) is 23.5. The van der Waals surface area contributed by atoms with Crippen LogP contribution in [0.4, 0.5) is 0 Å². The van der Waals surface area contributed by atoms with Gasteiger partial charge in [0.25, 0.3) is 0 Å². The van der Waals surface area contributed by atoms with Gasteiger partial charge in [-0.3, -0.25) is 4.90 Å². The molecule has 1 saturated heterocycles. The average Bonchev–Trinajstić information content (AvgIpc) is 4.42. The van der Waals surface area contributed by atoms with Crippen molar-refractivity contribution in [2.45, 2.75) is 30.7 Å². The average molecular weight is 954 g/mol. The lowest BCUT2D eigenvalue weighted by atomic mass is 9.58. The van der Waals surface area contributed by atoms with E-state index >= 15 is 0 Å². The lowest BCUT2D eigenvalue weighted by Gasteiger charge is -2.46. The van der Waals surface area contributed by atoms with Crippen molar-refractivity contribution >= 4 is 22.3 Å². The molecule has 0 amide bonds. The number of hydrogen-bond donors (Lipinski definition) is 0. The highest BCUT2D eigenvalue weighted by atomic mass is 16.6. The Morgan fingerprint density at radius 1 is 0.620 bits per heavy atom. The Balaban J connectivity index is 0.816. The van der Waals surface area contributed by atoms with Crippen LogP contribution in [0.2, 0.25) is 0 Å². The molecule has 0 bridgehead atoms. The van der Waals surface area contributed by atoms with Crippen LogP contribution in [0.5, 0.6) is 17.2 Å². The Labute approximate surface area is 414 Å². The van der Waals surface area contributed by atoms with Gasteiger partial charge in [-0.1, -0.05) is 40.5 Å².